The minimum Gasteiger partial charge on any atom is -0.256 e. The van der Waals surface area contributed by atoms with Crippen LogP contribution in [0.15, 0.2) is 60.8 Å². The van der Waals surface area contributed by atoms with Crippen LogP contribution in [0.5, 0.6) is 0 Å². The van der Waals surface area contributed by atoms with Gasteiger partial charge in [-0.15, -0.1) is 0 Å². The van der Waals surface area contributed by atoms with Crippen molar-refractivity contribution in [1.29, 1.82) is 0 Å². The first-order chi connectivity index (χ1) is 11.8. The van der Waals surface area contributed by atoms with Gasteiger partial charge in [0, 0.05) is 22.6 Å². The highest BCUT2D eigenvalue weighted by atomic mass is 14.7. The third-order valence-corrected chi connectivity index (χ3v) is 5.80. The minimum atomic E-state index is -0.0536. The van der Waals surface area contributed by atoms with Gasteiger partial charge in [0.25, 0.3) is 0 Å². The lowest BCUT2D eigenvalue weighted by molar-refractivity contribution is 0.521. The molecule has 4 rings (SSSR count). The smallest absolute Gasteiger partial charge is 0.0705 e. The van der Waals surface area contributed by atoms with Crippen LogP contribution in [0.1, 0.15) is 55.5 Å². The molecule has 0 N–H and O–H groups in total. The van der Waals surface area contributed by atoms with E-state index in [1.54, 1.807) is 0 Å². The number of aromatic nitrogens is 1. The Labute approximate surface area is 150 Å². The van der Waals surface area contributed by atoms with E-state index in [1.807, 2.05) is 12.3 Å². The molecule has 1 heterocycles. The van der Waals surface area contributed by atoms with Gasteiger partial charge in [-0.1, -0.05) is 69.7 Å². The fourth-order valence-corrected chi connectivity index (χ4v) is 4.53. The van der Waals surface area contributed by atoms with Crippen LogP contribution in [0.3, 0.4) is 0 Å². The molecule has 0 bridgehead atoms. The standard InChI is InChI=1S/C24H25N/c1-16-14-17(21-12-8-9-13-25-21)22-20(15-16)23(2,3)18-10-6-7-11-19(18)24(22,4)5/h6-15H,1-5H3. The van der Waals surface area contributed by atoms with Crippen molar-refractivity contribution in [2.45, 2.75) is 45.4 Å². The number of fused-ring (bicyclic) bond motifs is 2. The molecule has 0 fully saturated rings. The Kier molecular flexibility index (Phi) is 3.40. The quantitative estimate of drug-likeness (QED) is 0.532. The van der Waals surface area contributed by atoms with E-state index in [4.69, 9.17) is 0 Å². The van der Waals surface area contributed by atoms with Crippen LogP contribution in [-0.2, 0) is 10.8 Å². The topological polar surface area (TPSA) is 12.9 Å². The van der Waals surface area contributed by atoms with Gasteiger partial charge in [-0.3, -0.25) is 4.98 Å². The molecule has 1 aromatic heterocycles. The second kappa shape index (κ2) is 5.29. The molecule has 126 valence electrons. The molecule has 1 aliphatic rings. The molecule has 0 amide bonds. The van der Waals surface area contributed by atoms with E-state index in [0.717, 1.165) is 5.69 Å². The second-order valence-corrected chi connectivity index (χ2v) is 8.25. The van der Waals surface area contributed by atoms with Crippen molar-refractivity contribution in [1.82, 2.24) is 4.98 Å². The summed E-state index contributed by atoms with van der Waals surface area (Å²) in [6.07, 6.45) is 1.89. The number of nitrogens with zero attached hydrogens (tertiary/aromatic N) is 1. The van der Waals surface area contributed by atoms with Crippen LogP contribution in [0.4, 0.5) is 0 Å². The van der Waals surface area contributed by atoms with E-state index in [0.29, 0.717) is 0 Å². The Morgan fingerprint density at radius 2 is 1.36 bits per heavy atom. The molecule has 2 aromatic carbocycles. The molecule has 1 aliphatic carbocycles. The summed E-state index contributed by atoms with van der Waals surface area (Å²) in [4.78, 5) is 4.67. The highest BCUT2D eigenvalue weighted by molar-refractivity contribution is 5.74. The van der Waals surface area contributed by atoms with Crippen LogP contribution < -0.4 is 0 Å². The Morgan fingerprint density at radius 1 is 0.720 bits per heavy atom. The van der Waals surface area contributed by atoms with Gasteiger partial charge >= 0.3 is 0 Å². The van der Waals surface area contributed by atoms with Gasteiger partial charge in [0.05, 0.1) is 5.69 Å². The van der Waals surface area contributed by atoms with E-state index in [9.17, 15) is 0 Å². The van der Waals surface area contributed by atoms with Crippen LogP contribution in [-0.4, -0.2) is 4.98 Å². The van der Waals surface area contributed by atoms with Crippen LogP contribution in [0.25, 0.3) is 11.3 Å². The first kappa shape index (κ1) is 16.1. The molecule has 0 spiro atoms. The largest absolute Gasteiger partial charge is 0.256 e. The van der Waals surface area contributed by atoms with E-state index < -0.39 is 0 Å². The van der Waals surface area contributed by atoms with Gasteiger partial charge in [-0.05, 0) is 47.4 Å². The third-order valence-electron chi connectivity index (χ3n) is 5.80. The van der Waals surface area contributed by atoms with Gasteiger partial charge < -0.3 is 0 Å². The lowest BCUT2D eigenvalue weighted by Crippen LogP contribution is -2.37. The minimum absolute atomic E-state index is 0.0169. The van der Waals surface area contributed by atoms with E-state index in [1.165, 1.54) is 33.4 Å². The molecule has 0 aliphatic heterocycles. The van der Waals surface area contributed by atoms with Crippen molar-refractivity contribution >= 4 is 0 Å². The number of benzene rings is 2. The zero-order valence-corrected chi connectivity index (χ0v) is 15.7. The van der Waals surface area contributed by atoms with E-state index >= 15 is 0 Å². The molecule has 0 saturated heterocycles. The first-order valence-corrected chi connectivity index (χ1v) is 9.00. The predicted octanol–water partition coefficient (Wildman–Crippen LogP) is 6.02. The highest BCUT2D eigenvalue weighted by Crippen LogP contribution is 2.52. The number of hydrogen-bond acceptors (Lipinski definition) is 1. The highest BCUT2D eigenvalue weighted by Gasteiger charge is 2.43. The fourth-order valence-electron chi connectivity index (χ4n) is 4.53. The molecule has 0 saturated carbocycles. The first-order valence-electron chi connectivity index (χ1n) is 9.00. The van der Waals surface area contributed by atoms with Gasteiger partial charge in [-0.25, -0.2) is 0 Å². The zero-order chi connectivity index (χ0) is 17.8. The predicted molar refractivity (Wildman–Crippen MR) is 105 cm³/mol. The Hall–Kier alpha value is -2.41. The van der Waals surface area contributed by atoms with Crippen molar-refractivity contribution in [3.63, 3.8) is 0 Å². The third kappa shape index (κ3) is 2.26. The maximum Gasteiger partial charge on any atom is 0.0705 e. The fraction of sp³-hybridized carbons (Fsp3) is 0.292. The lowest BCUT2D eigenvalue weighted by Gasteiger charge is -2.45. The van der Waals surface area contributed by atoms with Crippen LogP contribution in [0, 0.1) is 6.92 Å². The Balaban J connectivity index is 2.13. The average molecular weight is 327 g/mol. The maximum absolute atomic E-state index is 4.67. The molecule has 1 nitrogen and oxygen atoms in total. The SMILES string of the molecule is Cc1cc(-c2ccccn2)c2c(c1)C(C)(C)c1ccccc1C2(C)C. The molecule has 0 unspecified atom stereocenters. The normalized spacial score (nSPS) is 16.8. The van der Waals surface area contributed by atoms with Gasteiger partial charge in [0.1, 0.15) is 0 Å². The summed E-state index contributed by atoms with van der Waals surface area (Å²) in [6.45, 7) is 11.6. The van der Waals surface area contributed by atoms with Crippen molar-refractivity contribution in [3.05, 3.63) is 88.6 Å². The molecule has 0 atom stereocenters. The molecular weight excluding hydrogens is 302 g/mol. The van der Waals surface area contributed by atoms with Gasteiger partial charge in [-0.2, -0.15) is 0 Å². The number of pyridine rings is 1. The maximum atomic E-state index is 4.67. The number of rotatable bonds is 1. The molecule has 1 heteroatoms. The zero-order valence-electron chi connectivity index (χ0n) is 15.7. The van der Waals surface area contributed by atoms with E-state index in [-0.39, 0.29) is 10.8 Å². The summed E-state index contributed by atoms with van der Waals surface area (Å²) >= 11 is 0. The Bertz CT molecular complexity index is 949. The summed E-state index contributed by atoms with van der Waals surface area (Å²) in [5, 5.41) is 0. The van der Waals surface area contributed by atoms with Crippen LogP contribution in [0.2, 0.25) is 0 Å². The van der Waals surface area contributed by atoms with Gasteiger partial charge in [0.2, 0.25) is 0 Å². The van der Waals surface area contributed by atoms with Crippen molar-refractivity contribution in [2.24, 2.45) is 0 Å². The van der Waals surface area contributed by atoms with E-state index in [2.05, 4.69) is 88.1 Å². The molecular formula is C24H25N. The molecule has 3 aromatic rings. The van der Waals surface area contributed by atoms with Crippen LogP contribution >= 0.6 is 0 Å². The lowest BCUT2D eigenvalue weighted by atomic mass is 9.58. The summed E-state index contributed by atoms with van der Waals surface area (Å²) < 4.78 is 0. The number of aryl methyl sites for hydroxylation is 1. The molecule has 0 radical (unpaired) electrons. The summed E-state index contributed by atoms with van der Waals surface area (Å²) in [5.41, 5.74) is 9.26. The summed E-state index contributed by atoms with van der Waals surface area (Å²) in [6, 6.07) is 19.8. The number of hydrogen-bond donors (Lipinski definition) is 0. The molecule has 25 heavy (non-hydrogen) atoms. The Morgan fingerprint density at radius 3 is 2.00 bits per heavy atom. The van der Waals surface area contributed by atoms with Crippen molar-refractivity contribution in [2.75, 3.05) is 0 Å². The van der Waals surface area contributed by atoms with Crippen molar-refractivity contribution in [3.8, 4) is 11.3 Å². The average Bonchev–Trinajstić information content (AvgIpc) is 2.60. The van der Waals surface area contributed by atoms with Crippen molar-refractivity contribution < 1.29 is 0 Å². The summed E-state index contributed by atoms with van der Waals surface area (Å²) in [5.74, 6) is 0. The monoisotopic (exact) mass is 327 g/mol. The second-order valence-electron chi connectivity index (χ2n) is 8.25. The summed E-state index contributed by atoms with van der Waals surface area (Å²) in [7, 11) is 0. The van der Waals surface area contributed by atoms with Gasteiger partial charge in [0.15, 0.2) is 0 Å².